The van der Waals surface area contributed by atoms with Crippen LogP contribution in [0.15, 0.2) is 24.3 Å². The minimum absolute atomic E-state index is 0.194. The molecule has 2 rings (SSSR count). The SMILES string of the molecule is Cc1nn(C)c(Cl)c1CC(CN)c1cccc(Cl)c1. The summed E-state index contributed by atoms with van der Waals surface area (Å²) in [7, 11) is 1.84. The first-order valence-corrected chi connectivity index (χ1v) is 6.92. The normalized spacial score (nSPS) is 12.7. The maximum Gasteiger partial charge on any atom is 0.130 e. The van der Waals surface area contributed by atoms with Crippen LogP contribution in [0.25, 0.3) is 0 Å². The lowest BCUT2D eigenvalue weighted by Crippen LogP contribution is -2.15. The third-order valence-corrected chi connectivity index (χ3v) is 4.03. The van der Waals surface area contributed by atoms with E-state index in [2.05, 4.69) is 5.10 Å². The zero-order valence-corrected chi connectivity index (χ0v) is 12.5. The maximum atomic E-state index is 6.27. The number of nitrogens with two attached hydrogens (primary N) is 1. The van der Waals surface area contributed by atoms with Crippen molar-refractivity contribution in [3.8, 4) is 0 Å². The van der Waals surface area contributed by atoms with Crippen LogP contribution in [0.4, 0.5) is 0 Å². The van der Waals surface area contributed by atoms with Gasteiger partial charge in [-0.3, -0.25) is 4.68 Å². The predicted molar refractivity (Wildman–Crippen MR) is 79.9 cm³/mol. The van der Waals surface area contributed by atoms with Gasteiger partial charge in [0.15, 0.2) is 0 Å². The van der Waals surface area contributed by atoms with Crippen LogP contribution < -0.4 is 5.73 Å². The average Bonchev–Trinajstić information content (AvgIpc) is 2.61. The van der Waals surface area contributed by atoms with Gasteiger partial charge in [0.05, 0.1) is 5.69 Å². The van der Waals surface area contributed by atoms with Crippen molar-refractivity contribution in [2.24, 2.45) is 12.8 Å². The molecule has 1 aromatic heterocycles. The molecule has 19 heavy (non-hydrogen) atoms. The van der Waals surface area contributed by atoms with Crippen LogP contribution >= 0.6 is 23.2 Å². The first kappa shape index (κ1) is 14.4. The van der Waals surface area contributed by atoms with Gasteiger partial charge in [-0.1, -0.05) is 35.3 Å². The van der Waals surface area contributed by atoms with Gasteiger partial charge in [0, 0.05) is 23.6 Å². The summed E-state index contributed by atoms with van der Waals surface area (Å²) in [5.74, 6) is 0.194. The Morgan fingerprint density at radius 1 is 1.37 bits per heavy atom. The van der Waals surface area contributed by atoms with Crippen molar-refractivity contribution in [2.75, 3.05) is 6.54 Å². The van der Waals surface area contributed by atoms with Gasteiger partial charge in [-0.2, -0.15) is 5.10 Å². The van der Waals surface area contributed by atoms with Crippen molar-refractivity contribution < 1.29 is 0 Å². The molecule has 3 nitrogen and oxygen atoms in total. The van der Waals surface area contributed by atoms with Gasteiger partial charge in [-0.05, 0) is 37.6 Å². The summed E-state index contributed by atoms with van der Waals surface area (Å²) in [6.45, 7) is 2.51. The smallest absolute Gasteiger partial charge is 0.130 e. The van der Waals surface area contributed by atoms with E-state index in [4.69, 9.17) is 28.9 Å². The summed E-state index contributed by atoms with van der Waals surface area (Å²) in [5.41, 5.74) is 9.04. The van der Waals surface area contributed by atoms with Gasteiger partial charge < -0.3 is 5.73 Å². The van der Waals surface area contributed by atoms with E-state index in [1.165, 1.54) is 0 Å². The molecular formula is C14H17Cl2N3. The van der Waals surface area contributed by atoms with E-state index in [-0.39, 0.29) is 5.92 Å². The molecular weight excluding hydrogens is 281 g/mol. The number of aromatic nitrogens is 2. The van der Waals surface area contributed by atoms with Crippen molar-refractivity contribution in [1.29, 1.82) is 0 Å². The Bertz CT molecular complexity index is 578. The highest BCUT2D eigenvalue weighted by Crippen LogP contribution is 2.27. The van der Waals surface area contributed by atoms with Crippen LogP contribution in [0.1, 0.15) is 22.7 Å². The molecule has 0 spiro atoms. The van der Waals surface area contributed by atoms with Gasteiger partial charge >= 0.3 is 0 Å². The minimum Gasteiger partial charge on any atom is -0.330 e. The van der Waals surface area contributed by atoms with Crippen LogP contribution in [-0.4, -0.2) is 16.3 Å². The molecule has 0 saturated carbocycles. The van der Waals surface area contributed by atoms with Crippen molar-refractivity contribution >= 4 is 23.2 Å². The van der Waals surface area contributed by atoms with Gasteiger partial charge in [-0.25, -0.2) is 0 Å². The van der Waals surface area contributed by atoms with E-state index >= 15 is 0 Å². The Morgan fingerprint density at radius 3 is 2.63 bits per heavy atom. The number of hydrogen-bond acceptors (Lipinski definition) is 2. The Labute approximate surface area is 123 Å². The molecule has 1 atom stereocenters. The fourth-order valence-corrected chi connectivity index (χ4v) is 2.70. The van der Waals surface area contributed by atoms with E-state index < -0.39 is 0 Å². The summed E-state index contributed by atoms with van der Waals surface area (Å²) in [4.78, 5) is 0. The number of hydrogen-bond donors (Lipinski definition) is 1. The van der Waals surface area contributed by atoms with Crippen molar-refractivity contribution in [3.63, 3.8) is 0 Å². The fraction of sp³-hybridized carbons (Fsp3) is 0.357. The van der Waals surface area contributed by atoms with Gasteiger partial charge in [-0.15, -0.1) is 0 Å². The molecule has 102 valence electrons. The van der Waals surface area contributed by atoms with Crippen molar-refractivity contribution in [1.82, 2.24) is 9.78 Å². The lowest BCUT2D eigenvalue weighted by atomic mass is 9.92. The van der Waals surface area contributed by atoms with Crippen LogP contribution in [0, 0.1) is 6.92 Å². The third kappa shape index (κ3) is 3.11. The molecule has 0 amide bonds. The Kier molecular flexibility index (Phi) is 4.50. The van der Waals surface area contributed by atoms with Gasteiger partial charge in [0.1, 0.15) is 5.15 Å². The van der Waals surface area contributed by atoms with Crippen LogP contribution in [0.5, 0.6) is 0 Å². The second kappa shape index (κ2) is 5.95. The van der Waals surface area contributed by atoms with Crippen molar-refractivity contribution in [3.05, 3.63) is 51.3 Å². The number of benzene rings is 1. The molecule has 1 heterocycles. The van der Waals surface area contributed by atoms with E-state index in [0.717, 1.165) is 28.3 Å². The monoisotopic (exact) mass is 297 g/mol. The molecule has 2 N–H and O–H groups in total. The standard InChI is InChI=1S/C14H17Cl2N3/c1-9-13(14(16)19(2)18-9)7-11(8-17)10-4-3-5-12(15)6-10/h3-6,11H,7-8,17H2,1-2H3. The van der Waals surface area contributed by atoms with E-state index in [9.17, 15) is 0 Å². The molecule has 1 aromatic carbocycles. The first-order chi connectivity index (χ1) is 9.02. The Balaban J connectivity index is 2.29. The minimum atomic E-state index is 0.194. The predicted octanol–water partition coefficient (Wildman–Crippen LogP) is 3.32. The van der Waals surface area contributed by atoms with E-state index in [1.807, 2.05) is 38.2 Å². The topological polar surface area (TPSA) is 43.8 Å². The molecule has 0 aliphatic rings. The summed E-state index contributed by atoms with van der Waals surface area (Å²) < 4.78 is 1.69. The van der Waals surface area contributed by atoms with Gasteiger partial charge in [0.25, 0.3) is 0 Å². The summed E-state index contributed by atoms with van der Waals surface area (Å²) in [5, 5.41) is 5.73. The van der Waals surface area contributed by atoms with E-state index in [1.54, 1.807) is 4.68 Å². The number of aryl methyl sites for hydroxylation is 2. The molecule has 2 aromatic rings. The lowest BCUT2D eigenvalue weighted by Gasteiger charge is -2.15. The second-order valence-corrected chi connectivity index (χ2v) is 5.46. The molecule has 0 aliphatic carbocycles. The molecule has 1 unspecified atom stereocenters. The van der Waals surface area contributed by atoms with Gasteiger partial charge in [0.2, 0.25) is 0 Å². The van der Waals surface area contributed by atoms with E-state index in [0.29, 0.717) is 11.7 Å². The van der Waals surface area contributed by atoms with Crippen LogP contribution in [-0.2, 0) is 13.5 Å². The number of nitrogens with zero attached hydrogens (tertiary/aromatic N) is 2. The summed E-state index contributed by atoms with van der Waals surface area (Å²) in [6.07, 6.45) is 0.773. The molecule has 5 heteroatoms. The first-order valence-electron chi connectivity index (χ1n) is 6.16. The maximum absolute atomic E-state index is 6.27. The molecule has 0 bridgehead atoms. The summed E-state index contributed by atoms with van der Waals surface area (Å²) in [6, 6.07) is 7.81. The lowest BCUT2D eigenvalue weighted by molar-refractivity contribution is 0.691. The number of halogens is 2. The molecule has 0 radical (unpaired) electrons. The zero-order valence-electron chi connectivity index (χ0n) is 11.0. The van der Waals surface area contributed by atoms with Crippen LogP contribution in [0.2, 0.25) is 10.2 Å². The van der Waals surface area contributed by atoms with Crippen LogP contribution in [0.3, 0.4) is 0 Å². The fourth-order valence-electron chi connectivity index (χ4n) is 2.25. The largest absolute Gasteiger partial charge is 0.330 e. The highest BCUT2D eigenvalue weighted by molar-refractivity contribution is 6.30. The second-order valence-electron chi connectivity index (χ2n) is 4.67. The highest BCUT2D eigenvalue weighted by atomic mass is 35.5. The average molecular weight is 298 g/mol. The third-order valence-electron chi connectivity index (χ3n) is 3.32. The molecule has 0 saturated heterocycles. The zero-order chi connectivity index (χ0) is 14.0. The highest BCUT2D eigenvalue weighted by Gasteiger charge is 2.17. The summed E-state index contributed by atoms with van der Waals surface area (Å²) >= 11 is 12.3. The quantitative estimate of drug-likeness (QED) is 0.941. The Hall–Kier alpha value is -1.03. The number of rotatable bonds is 4. The Morgan fingerprint density at radius 2 is 2.11 bits per heavy atom. The van der Waals surface area contributed by atoms with Crippen molar-refractivity contribution in [2.45, 2.75) is 19.3 Å². The molecule has 0 fully saturated rings. The molecule has 0 aliphatic heterocycles.